The average Bonchev–Trinajstić information content (AvgIpc) is 2.58. The van der Waals surface area contributed by atoms with Gasteiger partial charge in [0.2, 0.25) is 0 Å². The third kappa shape index (κ3) is 1.46. The van der Waals surface area contributed by atoms with E-state index in [4.69, 9.17) is 0 Å². The number of nitrogens with zero attached hydrogens (tertiary/aromatic N) is 1. The van der Waals surface area contributed by atoms with Crippen molar-refractivity contribution in [2.75, 3.05) is 12.3 Å². The SMILES string of the molecule is c1ccc(C2=NCCS2)cc1. The Morgan fingerprint density at radius 1 is 1.18 bits per heavy atom. The van der Waals surface area contributed by atoms with Gasteiger partial charge in [-0.3, -0.25) is 4.99 Å². The van der Waals surface area contributed by atoms with Crippen LogP contribution in [-0.4, -0.2) is 17.3 Å². The van der Waals surface area contributed by atoms with Crippen molar-refractivity contribution in [1.29, 1.82) is 0 Å². The Kier molecular flexibility index (Phi) is 1.95. The van der Waals surface area contributed by atoms with Gasteiger partial charge < -0.3 is 0 Å². The van der Waals surface area contributed by atoms with Crippen molar-refractivity contribution in [2.45, 2.75) is 0 Å². The Morgan fingerprint density at radius 2 is 2.00 bits per heavy atom. The largest absolute Gasteiger partial charge is 0.277 e. The van der Waals surface area contributed by atoms with Crippen LogP contribution in [0.15, 0.2) is 35.3 Å². The fourth-order valence-corrected chi connectivity index (χ4v) is 1.95. The molecule has 0 aliphatic carbocycles. The minimum Gasteiger partial charge on any atom is -0.277 e. The molecule has 1 nitrogen and oxygen atoms in total. The number of rotatable bonds is 1. The molecule has 11 heavy (non-hydrogen) atoms. The molecule has 1 heterocycles. The molecule has 0 amide bonds. The molecule has 1 aliphatic rings. The van der Waals surface area contributed by atoms with Crippen molar-refractivity contribution in [2.24, 2.45) is 4.99 Å². The Bertz CT molecular complexity index is 266. The minimum atomic E-state index is 0.981. The van der Waals surface area contributed by atoms with Crippen LogP contribution in [0.2, 0.25) is 0 Å². The zero-order valence-corrected chi connectivity index (χ0v) is 6.97. The maximum atomic E-state index is 4.39. The second-order valence-corrected chi connectivity index (χ2v) is 3.48. The van der Waals surface area contributed by atoms with Gasteiger partial charge in [0.25, 0.3) is 0 Å². The van der Waals surface area contributed by atoms with E-state index in [0.29, 0.717) is 0 Å². The van der Waals surface area contributed by atoms with Crippen LogP contribution in [0.25, 0.3) is 0 Å². The Hall–Kier alpha value is -0.760. The first kappa shape index (κ1) is 6.92. The van der Waals surface area contributed by atoms with Crippen molar-refractivity contribution >= 4 is 16.8 Å². The molecule has 0 saturated heterocycles. The van der Waals surface area contributed by atoms with Crippen molar-refractivity contribution in [1.82, 2.24) is 0 Å². The molecule has 0 bridgehead atoms. The smallest absolute Gasteiger partial charge is 0.0977 e. The summed E-state index contributed by atoms with van der Waals surface area (Å²) >= 11 is 1.85. The van der Waals surface area contributed by atoms with E-state index in [9.17, 15) is 0 Å². The lowest BCUT2D eigenvalue weighted by atomic mass is 10.2. The fourth-order valence-electron chi connectivity index (χ4n) is 1.09. The Balaban J connectivity index is 2.29. The lowest BCUT2D eigenvalue weighted by molar-refractivity contribution is 1.17. The summed E-state index contributed by atoms with van der Waals surface area (Å²) in [5.74, 6) is 1.14. The average molecular weight is 163 g/mol. The van der Waals surface area contributed by atoms with Crippen LogP contribution >= 0.6 is 11.8 Å². The molecule has 0 saturated carbocycles. The molecule has 0 aromatic heterocycles. The lowest BCUT2D eigenvalue weighted by Gasteiger charge is -1.96. The second-order valence-electron chi connectivity index (χ2n) is 2.40. The van der Waals surface area contributed by atoms with E-state index >= 15 is 0 Å². The first-order valence-corrected chi connectivity index (χ1v) is 4.68. The van der Waals surface area contributed by atoms with Crippen molar-refractivity contribution in [3.8, 4) is 0 Å². The standard InChI is InChI=1S/C9H9NS/c1-2-4-8(5-3-1)9-10-6-7-11-9/h1-5H,6-7H2. The highest BCUT2D eigenvalue weighted by Gasteiger charge is 2.07. The van der Waals surface area contributed by atoms with Gasteiger partial charge >= 0.3 is 0 Å². The van der Waals surface area contributed by atoms with Crippen LogP contribution in [0.4, 0.5) is 0 Å². The third-order valence-electron chi connectivity index (χ3n) is 1.61. The zero-order chi connectivity index (χ0) is 7.52. The predicted octanol–water partition coefficient (Wildman–Crippen LogP) is 2.18. The maximum Gasteiger partial charge on any atom is 0.0977 e. The van der Waals surface area contributed by atoms with Crippen LogP contribution in [0, 0.1) is 0 Å². The summed E-state index contributed by atoms with van der Waals surface area (Å²) < 4.78 is 0. The van der Waals surface area contributed by atoms with Gasteiger partial charge in [0, 0.05) is 17.9 Å². The molecular formula is C9H9NS. The molecule has 0 atom stereocenters. The van der Waals surface area contributed by atoms with Gasteiger partial charge in [-0.1, -0.05) is 30.3 Å². The molecule has 2 heteroatoms. The molecule has 56 valence electrons. The number of hydrogen-bond donors (Lipinski definition) is 0. The normalized spacial score (nSPS) is 16.5. The van der Waals surface area contributed by atoms with Gasteiger partial charge in [0.15, 0.2) is 0 Å². The van der Waals surface area contributed by atoms with Gasteiger partial charge in [-0.2, -0.15) is 0 Å². The molecule has 0 fully saturated rings. The number of aliphatic imine (C=N–C) groups is 1. The summed E-state index contributed by atoms with van der Waals surface area (Å²) in [4.78, 5) is 4.39. The zero-order valence-electron chi connectivity index (χ0n) is 6.16. The van der Waals surface area contributed by atoms with Crippen molar-refractivity contribution in [3.05, 3.63) is 35.9 Å². The second kappa shape index (κ2) is 3.09. The molecule has 0 radical (unpaired) electrons. The highest BCUT2D eigenvalue weighted by Crippen LogP contribution is 2.18. The van der Waals surface area contributed by atoms with Gasteiger partial charge in [-0.05, 0) is 0 Å². The van der Waals surface area contributed by atoms with E-state index in [-0.39, 0.29) is 0 Å². The molecular weight excluding hydrogens is 154 g/mol. The first-order valence-electron chi connectivity index (χ1n) is 3.69. The first-order chi connectivity index (χ1) is 5.47. The summed E-state index contributed by atoms with van der Waals surface area (Å²) in [6.07, 6.45) is 0. The van der Waals surface area contributed by atoms with E-state index in [2.05, 4.69) is 29.3 Å². The van der Waals surface area contributed by atoms with Crippen LogP contribution in [0.1, 0.15) is 5.56 Å². The Labute approximate surface area is 70.5 Å². The minimum absolute atomic E-state index is 0.981. The summed E-state index contributed by atoms with van der Waals surface area (Å²) in [5.41, 5.74) is 1.26. The molecule has 1 aromatic rings. The summed E-state index contributed by atoms with van der Waals surface area (Å²) in [5, 5.41) is 1.20. The monoisotopic (exact) mass is 163 g/mol. The van der Waals surface area contributed by atoms with Crippen LogP contribution in [0.3, 0.4) is 0 Å². The van der Waals surface area contributed by atoms with Gasteiger partial charge in [-0.15, -0.1) is 11.8 Å². The van der Waals surface area contributed by atoms with Gasteiger partial charge in [0.05, 0.1) is 5.04 Å². The van der Waals surface area contributed by atoms with Gasteiger partial charge in [-0.25, -0.2) is 0 Å². The molecule has 2 rings (SSSR count). The maximum absolute atomic E-state index is 4.39. The fraction of sp³-hybridized carbons (Fsp3) is 0.222. The molecule has 0 N–H and O–H groups in total. The Morgan fingerprint density at radius 3 is 2.64 bits per heavy atom. The summed E-state index contributed by atoms with van der Waals surface area (Å²) in [6, 6.07) is 10.4. The molecule has 1 aromatic carbocycles. The van der Waals surface area contributed by atoms with E-state index in [0.717, 1.165) is 12.3 Å². The molecule has 0 unspecified atom stereocenters. The van der Waals surface area contributed by atoms with E-state index in [1.165, 1.54) is 10.6 Å². The number of thioether (sulfide) groups is 1. The lowest BCUT2D eigenvalue weighted by Crippen LogP contribution is -1.89. The number of benzene rings is 1. The van der Waals surface area contributed by atoms with Crippen molar-refractivity contribution < 1.29 is 0 Å². The summed E-state index contributed by atoms with van der Waals surface area (Å²) in [7, 11) is 0. The summed E-state index contributed by atoms with van der Waals surface area (Å²) in [6.45, 7) is 0.981. The van der Waals surface area contributed by atoms with Crippen LogP contribution < -0.4 is 0 Å². The predicted molar refractivity (Wildman–Crippen MR) is 50.3 cm³/mol. The van der Waals surface area contributed by atoms with Crippen molar-refractivity contribution in [3.63, 3.8) is 0 Å². The number of hydrogen-bond acceptors (Lipinski definition) is 2. The third-order valence-corrected chi connectivity index (χ3v) is 2.63. The van der Waals surface area contributed by atoms with E-state index in [1.807, 2.05) is 17.8 Å². The van der Waals surface area contributed by atoms with Crippen LogP contribution in [-0.2, 0) is 0 Å². The van der Waals surface area contributed by atoms with Crippen LogP contribution in [0.5, 0.6) is 0 Å². The topological polar surface area (TPSA) is 12.4 Å². The molecule has 1 aliphatic heterocycles. The quantitative estimate of drug-likeness (QED) is 0.618. The van der Waals surface area contributed by atoms with E-state index < -0.39 is 0 Å². The highest BCUT2D eigenvalue weighted by molar-refractivity contribution is 8.14. The van der Waals surface area contributed by atoms with Gasteiger partial charge in [0.1, 0.15) is 0 Å². The highest BCUT2D eigenvalue weighted by atomic mass is 32.2. The van der Waals surface area contributed by atoms with E-state index in [1.54, 1.807) is 0 Å². The molecule has 0 spiro atoms.